The molecule has 2 aliphatic rings. The van der Waals surface area contributed by atoms with Crippen molar-refractivity contribution in [2.75, 3.05) is 6.54 Å². The van der Waals surface area contributed by atoms with Gasteiger partial charge in [0.25, 0.3) is 0 Å². The number of rotatable bonds is 0. The molecule has 0 spiro atoms. The lowest BCUT2D eigenvalue weighted by Gasteiger charge is -2.45. The van der Waals surface area contributed by atoms with Crippen LogP contribution in [0.15, 0.2) is 5.16 Å². The van der Waals surface area contributed by atoms with Gasteiger partial charge < -0.3 is 10.5 Å². The van der Waals surface area contributed by atoms with Crippen LogP contribution >= 0.6 is 0 Å². The van der Waals surface area contributed by atoms with Crippen LogP contribution in [0.25, 0.3) is 0 Å². The lowest BCUT2D eigenvalue weighted by Crippen LogP contribution is -2.54. The summed E-state index contributed by atoms with van der Waals surface area (Å²) in [6, 6.07) is 0.542. The highest BCUT2D eigenvalue weighted by Crippen LogP contribution is 2.39. The van der Waals surface area contributed by atoms with Gasteiger partial charge in [0.05, 0.1) is 5.71 Å². The maximum absolute atomic E-state index is 8.96. The third-order valence-corrected chi connectivity index (χ3v) is 3.72. The van der Waals surface area contributed by atoms with Crippen LogP contribution in [0, 0.1) is 5.41 Å². The lowest BCUT2D eigenvalue weighted by atomic mass is 9.66. The summed E-state index contributed by atoms with van der Waals surface area (Å²) in [6.07, 6.45) is 5.74. The molecule has 0 bridgehead atoms. The second-order valence-corrected chi connectivity index (χ2v) is 4.47. The van der Waals surface area contributed by atoms with Gasteiger partial charge >= 0.3 is 0 Å². The summed E-state index contributed by atoms with van der Waals surface area (Å²) < 4.78 is 0. The Balaban J connectivity index is 2.24. The van der Waals surface area contributed by atoms with E-state index in [9.17, 15) is 0 Å². The van der Waals surface area contributed by atoms with Crippen molar-refractivity contribution < 1.29 is 5.21 Å². The first-order chi connectivity index (χ1) is 6.27. The third-order valence-electron chi connectivity index (χ3n) is 3.72. The maximum Gasteiger partial charge on any atom is 0.0645 e. The molecule has 74 valence electrons. The first-order valence-electron chi connectivity index (χ1n) is 5.22. The number of oxime groups is 1. The quantitative estimate of drug-likeness (QED) is 0.443. The molecule has 0 unspecified atom stereocenters. The monoisotopic (exact) mass is 182 g/mol. The highest BCUT2D eigenvalue weighted by molar-refractivity contribution is 5.91. The van der Waals surface area contributed by atoms with Crippen molar-refractivity contribution in [3.63, 3.8) is 0 Å². The average Bonchev–Trinajstić information content (AvgIpc) is 2.16. The molecule has 1 heterocycles. The van der Waals surface area contributed by atoms with Gasteiger partial charge in [-0.1, -0.05) is 12.1 Å². The largest absolute Gasteiger partial charge is 0.411 e. The van der Waals surface area contributed by atoms with E-state index >= 15 is 0 Å². The molecule has 0 aromatic carbocycles. The van der Waals surface area contributed by atoms with Crippen molar-refractivity contribution in [3.05, 3.63) is 0 Å². The predicted molar refractivity (Wildman–Crippen MR) is 52.2 cm³/mol. The van der Waals surface area contributed by atoms with Crippen LogP contribution in [0.1, 0.15) is 39.0 Å². The van der Waals surface area contributed by atoms with Gasteiger partial charge in [-0.2, -0.15) is 0 Å². The van der Waals surface area contributed by atoms with Gasteiger partial charge in [0, 0.05) is 11.5 Å². The SMILES string of the molecule is C[C@]12CCCN[C@H]1CCC/C2=N\O. The second kappa shape index (κ2) is 3.29. The van der Waals surface area contributed by atoms with E-state index in [-0.39, 0.29) is 5.41 Å². The Morgan fingerprint density at radius 2 is 2.38 bits per heavy atom. The fourth-order valence-corrected chi connectivity index (χ4v) is 2.82. The zero-order chi connectivity index (χ0) is 9.31. The normalized spacial score (nSPS) is 43.2. The summed E-state index contributed by atoms with van der Waals surface area (Å²) >= 11 is 0. The summed E-state index contributed by atoms with van der Waals surface area (Å²) in [6.45, 7) is 3.36. The molecule has 0 aromatic rings. The van der Waals surface area contributed by atoms with Crippen LogP contribution in [-0.2, 0) is 0 Å². The zero-order valence-electron chi connectivity index (χ0n) is 8.21. The minimum Gasteiger partial charge on any atom is -0.411 e. The Bertz CT molecular complexity index is 225. The van der Waals surface area contributed by atoms with Crippen LogP contribution in [0.2, 0.25) is 0 Å². The Hall–Kier alpha value is -0.570. The molecule has 2 rings (SSSR count). The summed E-state index contributed by atoms with van der Waals surface area (Å²) in [4.78, 5) is 0. The Morgan fingerprint density at radius 1 is 1.54 bits per heavy atom. The Labute approximate surface area is 79.2 Å². The molecular formula is C10H18N2O. The molecular weight excluding hydrogens is 164 g/mol. The number of piperidine rings is 1. The first-order valence-corrected chi connectivity index (χ1v) is 5.22. The predicted octanol–water partition coefficient (Wildman–Crippen LogP) is 1.76. The second-order valence-electron chi connectivity index (χ2n) is 4.47. The average molecular weight is 182 g/mol. The smallest absolute Gasteiger partial charge is 0.0645 e. The van der Waals surface area contributed by atoms with E-state index in [1.54, 1.807) is 0 Å². The van der Waals surface area contributed by atoms with Gasteiger partial charge in [0.2, 0.25) is 0 Å². The summed E-state index contributed by atoms with van der Waals surface area (Å²) in [5.74, 6) is 0. The fourth-order valence-electron chi connectivity index (χ4n) is 2.82. The summed E-state index contributed by atoms with van der Waals surface area (Å²) in [7, 11) is 0. The van der Waals surface area contributed by atoms with Crippen LogP contribution in [0.3, 0.4) is 0 Å². The molecule has 0 radical (unpaired) electrons. The molecule has 0 amide bonds. The van der Waals surface area contributed by atoms with Crippen molar-refractivity contribution in [2.45, 2.75) is 45.1 Å². The number of nitrogens with zero attached hydrogens (tertiary/aromatic N) is 1. The molecule has 1 aliphatic heterocycles. The van der Waals surface area contributed by atoms with Gasteiger partial charge in [-0.3, -0.25) is 0 Å². The molecule has 1 saturated carbocycles. The molecule has 3 nitrogen and oxygen atoms in total. The molecule has 13 heavy (non-hydrogen) atoms. The van der Waals surface area contributed by atoms with Crippen LogP contribution in [-0.4, -0.2) is 23.5 Å². The van der Waals surface area contributed by atoms with Crippen LogP contribution < -0.4 is 5.32 Å². The summed E-state index contributed by atoms with van der Waals surface area (Å²) in [5.41, 5.74) is 1.14. The van der Waals surface area contributed by atoms with Gasteiger partial charge in [0.15, 0.2) is 0 Å². The van der Waals surface area contributed by atoms with E-state index in [0.29, 0.717) is 6.04 Å². The van der Waals surface area contributed by atoms with Crippen LogP contribution in [0.4, 0.5) is 0 Å². The zero-order valence-corrected chi connectivity index (χ0v) is 8.21. The molecule has 3 heteroatoms. The number of hydrogen-bond acceptors (Lipinski definition) is 3. The molecule has 2 N–H and O–H groups in total. The van der Waals surface area contributed by atoms with Crippen molar-refractivity contribution in [3.8, 4) is 0 Å². The van der Waals surface area contributed by atoms with Gasteiger partial charge in [-0.25, -0.2) is 0 Å². The number of fused-ring (bicyclic) bond motifs is 1. The van der Waals surface area contributed by atoms with Crippen LogP contribution in [0.5, 0.6) is 0 Å². The highest BCUT2D eigenvalue weighted by atomic mass is 16.4. The van der Waals surface area contributed by atoms with E-state index in [0.717, 1.165) is 25.1 Å². The maximum atomic E-state index is 8.96. The van der Waals surface area contributed by atoms with E-state index in [1.165, 1.54) is 19.3 Å². The Morgan fingerprint density at radius 3 is 3.15 bits per heavy atom. The minimum absolute atomic E-state index is 0.130. The van der Waals surface area contributed by atoms with Crippen molar-refractivity contribution in [1.82, 2.24) is 5.32 Å². The first kappa shape index (κ1) is 9.00. The van der Waals surface area contributed by atoms with Crippen molar-refractivity contribution in [2.24, 2.45) is 10.6 Å². The number of hydrogen-bond donors (Lipinski definition) is 2. The van der Waals surface area contributed by atoms with Gasteiger partial charge in [-0.05, 0) is 38.6 Å². The molecule has 1 saturated heterocycles. The van der Waals surface area contributed by atoms with Crippen molar-refractivity contribution >= 4 is 5.71 Å². The van der Waals surface area contributed by atoms with E-state index in [2.05, 4.69) is 17.4 Å². The highest BCUT2D eigenvalue weighted by Gasteiger charge is 2.43. The topological polar surface area (TPSA) is 44.6 Å². The Kier molecular flexibility index (Phi) is 2.28. The molecule has 2 fully saturated rings. The van der Waals surface area contributed by atoms with Crippen molar-refractivity contribution in [1.29, 1.82) is 0 Å². The standard InChI is InChI=1S/C10H18N2O/c1-10-6-3-7-11-8(10)4-2-5-9(10)12-13/h8,11,13H,2-7H2,1H3/b12-9+/t8-,10-/m0/s1. The molecule has 0 aromatic heterocycles. The third kappa shape index (κ3) is 1.35. The molecule has 1 aliphatic carbocycles. The van der Waals surface area contributed by atoms with E-state index in [4.69, 9.17) is 5.21 Å². The van der Waals surface area contributed by atoms with E-state index in [1.807, 2.05) is 0 Å². The lowest BCUT2D eigenvalue weighted by molar-refractivity contribution is 0.193. The van der Waals surface area contributed by atoms with Gasteiger partial charge in [-0.15, -0.1) is 0 Å². The molecule has 2 atom stereocenters. The van der Waals surface area contributed by atoms with E-state index < -0.39 is 0 Å². The minimum atomic E-state index is 0.130. The van der Waals surface area contributed by atoms with Gasteiger partial charge in [0.1, 0.15) is 0 Å². The number of nitrogens with one attached hydrogen (secondary N) is 1. The fraction of sp³-hybridized carbons (Fsp3) is 0.900. The summed E-state index contributed by atoms with van der Waals surface area (Å²) in [5, 5.41) is 16.0.